The summed E-state index contributed by atoms with van der Waals surface area (Å²) in [6.07, 6.45) is 1.50. The van der Waals surface area contributed by atoms with Crippen LogP contribution in [-0.2, 0) is 21.3 Å². The summed E-state index contributed by atoms with van der Waals surface area (Å²) in [7, 11) is -2.17. The summed E-state index contributed by atoms with van der Waals surface area (Å²) < 4.78 is 37.0. The van der Waals surface area contributed by atoms with E-state index in [2.05, 4.69) is 0 Å². The van der Waals surface area contributed by atoms with Crippen LogP contribution in [0.25, 0.3) is 0 Å². The van der Waals surface area contributed by atoms with E-state index in [1.54, 1.807) is 22.4 Å². The number of hydrogen-bond donors (Lipinski definition) is 0. The highest BCUT2D eigenvalue weighted by molar-refractivity contribution is 7.91. The van der Waals surface area contributed by atoms with Gasteiger partial charge in [0.2, 0.25) is 0 Å². The Morgan fingerprint density at radius 2 is 2.12 bits per heavy atom. The molecule has 0 N–H and O–H groups in total. The van der Waals surface area contributed by atoms with Crippen molar-refractivity contribution >= 4 is 27.3 Å². The minimum Gasteiger partial charge on any atom is -0.468 e. The lowest BCUT2D eigenvalue weighted by atomic mass is 10.3. The molecule has 0 aromatic carbocycles. The van der Waals surface area contributed by atoms with Gasteiger partial charge < -0.3 is 14.1 Å². The first-order valence-electron chi connectivity index (χ1n) is 7.43. The fourth-order valence-electron chi connectivity index (χ4n) is 2.37. The Morgan fingerprint density at radius 1 is 1.38 bits per heavy atom. The van der Waals surface area contributed by atoms with E-state index in [-0.39, 0.29) is 16.7 Å². The van der Waals surface area contributed by atoms with Gasteiger partial charge in [-0.15, -0.1) is 11.3 Å². The molecule has 1 aliphatic rings. The van der Waals surface area contributed by atoms with Crippen molar-refractivity contribution in [3.05, 3.63) is 41.2 Å². The first-order chi connectivity index (χ1) is 11.5. The highest BCUT2D eigenvalue weighted by Gasteiger charge is 2.26. The van der Waals surface area contributed by atoms with Gasteiger partial charge in [0, 0.05) is 25.5 Å². The summed E-state index contributed by atoms with van der Waals surface area (Å²) in [6.45, 7) is 2.20. The molecule has 24 heavy (non-hydrogen) atoms. The zero-order chi connectivity index (χ0) is 17.2. The maximum absolute atomic E-state index is 12.6. The Hall–Kier alpha value is -1.68. The second kappa shape index (κ2) is 7.06. The van der Waals surface area contributed by atoms with Gasteiger partial charge in [0.25, 0.3) is 15.9 Å². The zero-order valence-electron chi connectivity index (χ0n) is 13.2. The monoisotopic (exact) mass is 370 g/mol. The van der Waals surface area contributed by atoms with Crippen LogP contribution in [-0.4, -0.2) is 56.9 Å². The van der Waals surface area contributed by atoms with Crippen LogP contribution < -0.4 is 0 Å². The van der Waals surface area contributed by atoms with Crippen molar-refractivity contribution in [3.8, 4) is 0 Å². The third kappa shape index (κ3) is 3.54. The van der Waals surface area contributed by atoms with Crippen molar-refractivity contribution in [2.24, 2.45) is 0 Å². The van der Waals surface area contributed by atoms with Crippen LogP contribution in [0.1, 0.15) is 16.1 Å². The first kappa shape index (κ1) is 17.2. The van der Waals surface area contributed by atoms with Crippen LogP contribution in [0.2, 0.25) is 0 Å². The second-order valence-electron chi connectivity index (χ2n) is 5.40. The van der Waals surface area contributed by atoms with Gasteiger partial charge in [0.1, 0.15) is 9.97 Å². The van der Waals surface area contributed by atoms with Crippen LogP contribution in [0.3, 0.4) is 0 Å². The minimum absolute atomic E-state index is 0.139. The summed E-state index contributed by atoms with van der Waals surface area (Å²) >= 11 is 1.05. The van der Waals surface area contributed by atoms with Crippen molar-refractivity contribution in [1.82, 2.24) is 9.21 Å². The van der Waals surface area contributed by atoms with E-state index in [1.807, 2.05) is 0 Å². The summed E-state index contributed by atoms with van der Waals surface area (Å²) in [5.41, 5.74) is 0.395. The van der Waals surface area contributed by atoms with Gasteiger partial charge in [0.05, 0.1) is 31.6 Å². The summed E-state index contributed by atoms with van der Waals surface area (Å²) in [6, 6.07) is 4.87. The lowest BCUT2D eigenvalue weighted by Gasteiger charge is -2.26. The smallest absolute Gasteiger partial charge is 0.254 e. The van der Waals surface area contributed by atoms with E-state index < -0.39 is 10.0 Å². The van der Waals surface area contributed by atoms with Gasteiger partial charge in [-0.25, -0.2) is 8.42 Å². The summed E-state index contributed by atoms with van der Waals surface area (Å²) in [4.78, 5) is 14.1. The topological polar surface area (TPSA) is 80.1 Å². The molecule has 0 unspecified atom stereocenters. The Kier molecular flexibility index (Phi) is 5.04. The highest BCUT2D eigenvalue weighted by atomic mass is 32.2. The molecule has 0 radical (unpaired) electrons. The number of hydrogen-bond acceptors (Lipinski definition) is 6. The predicted molar refractivity (Wildman–Crippen MR) is 88.4 cm³/mol. The van der Waals surface area contributed by atoms with Gasteiger partial charge in [-0.05, 0) is 18.2 Å². The SMILES string of the molecule is CN(Cc1ccco1)S(=O)(=O)c1cc(C(=O)N2CCOCC2)cs1. The van der Waals surface area contributed by atoms with E-state index in [4.69, 9.17) is 9.15 Å². The largest absolute Gasteiger partial charge is 0.468 e. The average Bonchev–Trinajstić information content (AvgIpc) is 3.26. The maximum Gasteiger partial charge on any atom is 0.254 e. The standard InChI is InChI=1S/C15H18N2O5S2/c1-16(10-13-3-2-6-22-13)24(19,20)14-9-12(11-23-14)15(18)17-4-7-21-8-5-17/h2-3,6,9,11H,4-5,7-8,10H2,1H3. The first-order valence-corrected chi connectivity index (χ1v) is 9.75. The number of ether oxygens (including phenoxy) is 1. The Morgan fingerprint density at radius 3 is 2.79 bits per heavy atom. The Bertz CT molecular complexity index is 792. The van der Waals surface area contributed by atoms with Gasteiger partial charge in [0.15, 0.2) is 0 Å². The molecule has 3 rings (SSSR count). The fraction of sp³-hybridized carbons (Fsp3) is 0.400. The molecule has 1 fully saturated rings. The number of sulfonamides is 1. The van der Waals surface area contributed by atoms with E-state index in [0.717, 1.165) is 11.3 Å². The molecule has 1 amide bonds. The van der Waals surface area contributed by atoms with Crippen molar-refractivity contribution in [1.29, 1.82) is 0 Å². The number of amides is 1. The van der Waals surface area contributed by atoms with Crippen LogP contribution in [0.5, 0.6) is 0 Å². The molecule has 0 spiro atoms. The number of morpholine rings is 1. The average molecular weight is 370 g/mol. The lowest BCUT2D eigenvalue weighted by molar-refractivity contribution is 0.0303. The molecule has 0 saturated carbocycles. The number of carbonyl (C=O) groups excluding carboxylic acids is 1. The molecule has 7 nitrogen and oxygen atoms in total. The second-order valence-corrected chi connectivity index (χ2v) is 8.58. The van der Waals surface area contributed by atoms with Crippen molar-refractivity contribution < 1.29 is 22.4 Å². The highest BCUT2D eigenvalue weighted by Crippen LogP contribution is 2.25. The van der Waals surface area contributed by atoms with Crippen molar-refractivity contribution in [2.75, 3.05) is 33.4 Å². The van der Waals surface area contributed by atoms with Gasteiger partial charge in [-0.1, -0.05) is 0 Å². The number of thiophene rings is 1. The molecular formula is C15H18N2O5S2. The van der Waals surface area contributed by atoms with E-state index in [0.29, 0.717) is 37.6 Å². The summed E-state index contributed by atoms with van der Waals surface area (Å²) in [5.74, 6) is 0.395. The van der Waals surface area contributed by atoms with Crippen molar-refractivity contribution in [2.45, 2.75) is 10.8 Å². The van der Waals surface area contributed by atoms with Crippen LogP contribution in [0.4, 0.5) is 0 Å². The minimum atomic E-state index is -3.66. The molecule has 3 heterocycles. The molecule has 2 aromatic rings. The maximum atomic E-state index is 12.6. The molecule has 1 aliphatic heterocycles. The van der Waals surface area contributed by atoms with E-state index in [9.17, 15) is 13.2 Å². The molecule has 2 aromatic heterocycles. The van der Waals surface area contributed by atoms with E-state index in [1.165, 1.54) is 23.7 Å². The third-order valence-corrected chi connectivity index (χ3v) is 6.96. The van der Waals surface area contributed by atoms with Gasteiger partial charge in [-0.2, -0.15) is 4.31 Å². The zero-order valence-corrected chi connectivity index (χ0v) is 14.8. The number of rotatable bonds is 5. The molecular weight excluding hydrogens is 352 g/mol. The lowest BCUT2D eigenvalue weighted by Crippen LogP contribution is -2.40. The predicted octanol–water partition coefficient (Wildman–Crippen LogP) is 1.63. The van der Waals surface area contributed by atoms with Crippen molar-refractivity contribution in [3.63, 3.8) is 0 Å². The molecule has 9 heteroatoms. The number of furan rings is 1. The van der Waals surface area contributed by atoms with E-state index >= 15 is 0 Å². The van der Waals surface area contributed by atoms with Gasteiger partial charge in [-0.3, -0.25) is 4.79 Å². The van der Waals surface area contributed by atoms with Gasteiger partial charge >= 0.3 is 0 Å². The molecule has 130 valence electrons. The van der Waals surface area contributed by atoms with Crippen LogP contribution in [0.15, 0.2) is 38.5 Å². The number of nitrogens with zero attached hydrogens (tertiary/aromatic N) is 2. The van der Waals surface area contributed by atoms with Crippen LogP contribution in [0, 0.1) is 0 Å². The van der Waals surface area contributed by atoms with Crippen LogP contribution >= 0.6 is 11.3 Å². The fourth-order valence-corrected chi connectivity index (χ4v) is 4.87. The Balaban J connectivity index is 1.74. The summed E-state index contributed by atoms with van der Waals surface area (Å²) in [5, 5.41) is 1.59. The molecule has 0 aliphatic carbocycles. The molecule has 0 bridgehead atoms. The Labute approximate surface area is 144 Å². The number of carbonyl (C=O) groups is 1. The third-order valence-electron chi connectivity index (χ3n) is 3.74. The molecule has 1 saturated heterocycles. The normalized spacial score (nSPS) is 15.8. The molecule has 0 atom stereocenters. The quantitative estimate of drug-likeness (QED) is 0.799.